The van der Waals surface area contributed by atoms with Gasteiger partial charge in [0, 0.05) is 89.8 Å². The highest BCUT2D eigenvalue weighted by atomic mass is 19.1. The van der Waals surface area contributed by atoms with Crippen molar-refractivity contribution in [3.8, 4) is 57.7 Å². The molecule has 0 bridgehead atoms. The number of hydrogen-bond donors (Lipinski definition) is 12. The number of benzene rings is 7. The molecule has 37 nitrogen and oxygen atoms in total. The number of ether oxygens (including phenoxy) is 6. The Morgan fingerprint density at radius 2 is 0.793 bits per heavy atom. The Bertz CT molecular complexity index is 7080. The van der Waals surface area contributed by atoms with Crippen molar-refractivity contribution in [2.75, 3.05) is 134 Å². The highest BCUT2D eigenvalue weighted by Crippen LogP contribution is 2.35. The highest BCUT2D eigenvalue weighted by molar-refractivity contribution is 6.09. The monoisotopic (exact) mass is 1820 g/mol. The number of pyridine rings is 1. The number of fused-ring (bicyclic) bond motifs is 5. The fraction of sp³-hybridized carbons (Fsp3) is 0.289. The van der Waals surface area contributed by atoms with Crippen LogP contribution >= 0.6 is 0 Å². The maximum absolute atomic E-state index is 14.5. The number of anilines is 4. The molecule has 4 saturated heterocycles. The van der Waals surface area contributed by atoms with E-state index in [4.69, 9.17) is 33.4 Å². The number of hydrogen-bond acceptors (Lipinski definition) is 25. The zero-order chi connectivity index (χ0) is 93.1. The molecule has 4 amide bonds. The Hall–Kier alpha value is -15.2. The standard InChI is InChI=1S/C26H29FN6O2.C24H22N8O2.C24H27N7O3.C23H24N6O3/c1-16-4-6-18(26(2,3)27)13-19(16)25(34)31-22-14-28-32-23(22)24-29-20-7-5-17(12-21(20)30-24)15-33-8-10-35-11-9-33;33-24(21-12-25-16-3-1-2-4-17(16)27-21)30-20-13-26-31-22(20)23-28-18-6-5-15(11-19(18)29-23)14-32-7-9-34-10-8-32;1-14-10-15(2)26-24(33-3)20(14)23(32)29-19-12-25-30-21(19)22-27-17-5-4-16(11-18(17)28-22)13-31-6-8-34-9-7-31;1-15-2-5-17(6-3-15)32-23(30)27-20-13-24-28-21(20)22-25-18-7-4-16(12-19(18)26-22)14-29-8-10-31-11-9-29/h4-7,12-14H,8-11,15H2,1-3H3,(H,28,32)(H,29,30)(H,31,34);1-6,11-13H,7-10,14H2,(H,26,31)(H,28,29)(H,30,33);4-5,10-12H,6-9,13H2,1-3H3,(H,25,30)(H,27,28)(H,29,32);2-7,12-13H,8-11,14H2,1H3,(H,24,28)(H,25,26)(H,27,30). The molecular formula is C97H102FN27O10. The van der Waals surface area contributed by atoms with Gasteiger partial charge in [-0.2, -0.15) is 20.4 Å². The topological polar surface area (TPSA) is 453 Å². The van der Waals surface area contributed by atoms with Crippen LogP contribution in [0.15, 0.2) is 177 Å². The number of amides is 4. The second kappa shape index (κ2) is 40.9. The summed E-state index contributed by atoms with van der Waals surface area (Å²) in [6.07, 6.45) is 7.06. The van der Waals surface area contributed by atoms with Crippen LogP contribution in [0.4, 0.5) is 31.9 Å². The number of halogens is 1. The van der Waals surface area contributed by atoms with Gasteiger partial charge in [0.05, 0.1) is 169 Å². The quantitative estimate of drug-likeness (QED) is 0.0300. The van der Waals surface area contributed by atoms with Crippen LogP contribution in [0.3, 0.4) is 0 Å². The molecule has 4 fully saturated rings. The molecule has 10 aromatic heterocycles. The van der Waals surface area contributed by atoms with Gasteiger partial charge in [-0.1, -0.05) is 66.2 Å². The number of aromatic nitrogens is 19. The van der Waals surface area contributed by atoms with E-state index in [1.807, 2.05) is 94.4 Å². The largest absolute Gasteiger partial charge is 0.480 e. The maximum atomic E-state index is 14.5. The first-order chi connectivity index (χ1) is 65.6. The molecule has 692 valence electrons. The van der Waals surface area contributed by atoms with Crippen molar-refractivity contribution in [2.45, 2.75) is 73.4 Å². The summed E-state index contributed by atoms with van der Waals surface area (Å²) in [5.74, 6) is 2.08. The van der Waals surface area contributed by atoms with Crippen LogP contribution in [0.2, 0.25) is 0 Å². The van der Waals surface area contributed by atoms with Crippen LogP contribution in [0.1, 0.15) is 95.3 Å². The van der Waals surface area contributed by atoms with Crippen molar-refractivity contribution in [3.63, 3.8) is 0 Å². The van der Waals surface area contributed by atoms with Gasteiger partial charge in [0.25, 0.3) is 17.7 Å². The Morgan fingerprint density at radius 1 is 0.407 bits per heavy atom. The molecular weight excluding hydrogens is 1720 g/mol. The van der Waals surface area contributed by atoms with Crippen molar-refractivity contribution in [1.29, 1.82) is 0 Å². The molecule has 0 atom stereocenters. The third-order valence-electron chi connectivity index (χ3n) is 23.5. The zero-order valence-electron chi connectivity index (χ0n) is 75.6. The third kappa shape index (κ3) is 22.0. The molecule has 135 heavy (non-hydrogen) atoms. The molecule has 0 spiro atoms. The molecule has 0 radical (unpaired) electrons. The first-order valence-corrected chi connectivity index (χ1v) is 44.5. The number of carbonyl (C=O) groups excluding carboxylic acids is 4. The molecule has 4 aliphatic rings. The zero-order valence-corrected chi connectivity index (χ0v) is 75.6. The Balaban J connectivity index is 0.000000120. The van der Waals surface area contributed by atoms with Crippen LogP contribution in [-0.4, -0.2) is 251 Å². The van der Waals surface area contributed by atoms with Gasteiger partial charge in [-0.15, -0.1) is 0 Å². The van der Waals surface area contributed by atoms with Crippen molar-refractivity contribution in [1.82, 2.24) is 115 Å². The number of carbonyl (C=O) groups is 4. The summed E-state index contributed by atoms with van der Waals surface area (Å²) in [5, 5.41) is 39.5. The van der Waals surface area contributed by atoms with E-state index in [1.165, 1.54) is 55.6 Å². The number of morpholine rings is 4. The van der Waals surface area contributed by atoms with Gasteiger partial charge >= 0.3 is 6.09 Å². The van der Waals surface area contributed by atoms with E-state index in [0.29, 0.717) is 96.8 Å². The average molecular weight is 1830 g/mol. The number of aryl methyl sites for hydroxylation is 4. The van der Waals surface area contributed by atoms with Gasteiger partial charge < -0.3 is 64.3 Å². The van der Waals surface area contributed by atoms with Crippen LogP contribution in [-0.2, 0) is 50.8 Å². The molecule has 38 heteroatoms. The van der Waals surface area contributed by atoms with Crippen molar-refractivity contribution in [3.05, 3.63) is 244 Å². The number of H-pyrrole nitrogens is 8. The Labute approximate surface area is 773 Å². The molecule has 12 N–H and O–H groups in total. The molecule has 14 heterocycles. The molecule has 17 aromatic rings. The van der Waals surface area contributed by atoms with E-state index >= 15 is 0 Å². The molecule has 4 aliphatic heterocycles. The smallest absolute Gasteiger partial charge is 0.417 e. The van der Waals surface area contributed by atoms with E-state index in [9.17, 15) is 23.6 Å². The number of rotatable bonds is 22. The summed E-state index contributed by atoms with van der Waals surface area (Å²) in [7, 11) is 1.50. The lowest BCUT2D eigenvalue weighted by Gasteiger charge is -2.26. The van der Waals surface area contributed by atoms with Gasteiger partial charge in [-0.25, -0.2) is 39.1 Å². The highest BCUT2D eigenvalue weighted by Gasteiger charge is 2.28. The molecule has 7 aromatic carbocycles. The van der Waals surface area contributed by atoms with Crippen molar-refractivity contribution < 1.29 is 52.0 Å². The number of para-hydroxylation sites is 2. The summed E-state index contributed by atoms with van der Waals surface area (Å²) in [6.45, 7) is 27.6. The minimum Gasteiger partial charge on any atom is -0.480 e. The van der Waals surface area contributed by atoms with Crippen LogP contribution < -0.4 is 30.7 Å². The number of nitrogens with zero attached hydrogens (tertiary/aromatic N) is 15. The number of alkyl halides is 1. The number of aromatic amines is 8. The number of imidazole rings is 4. The van der Waals surface area contributed by atoms with Crippen LogP contribution in [0, 0.1) is 27.7 Å². The van der Waals surface area contributed by atoms with E-state index in [1.54, 1.807) is 48.9 Å². The normalized spacial score (nSPS) is 14.6. The number of nitrogens with one attached hydrogen (secondary N) is 12. The molecule has 0 aliphatic carbocycles. The lowest BCUT2D eigenvalue weighted by Crippen LogP contribution is -2.35. The second-order valence-electron chi connectivity index (χ2n) is 33.8. The lowest BCUT2D eigenvalue weighted by atomic mass is 9.95. The first-order valence-electron chi connectivity index (χ1n) is 44.5. The fourth-order valence-electron chi connectivity index (χ4n) is 16.3. The Kier molecular flexibility index (Phi) is 27.4. The molecule has 21 rings (SSSR count). The second-order valence-corrected chi connectivity index (χ2v) is 33.8. The number of methoxy groups -OCH3 is 1. The minimum atomic E-state index is -1.54. The SMILES string of the molecule is COc1nc(C)cc(C)c1C(=O)Nc1cn[nH]c1-c1nc2ccc(CN3CCOCC3)cc2[nH]1.Cc1ccc(C(C)(C)F)cc1C(=O)Nc1cn[nH]c1-c1nc2ccc(CN3CCOCC3)cc2[nH]1.Cc1ccc(OC(=O)Nc2cn[nH]c2-c2nc3ccc(CN4CCOCC4)cc3[nH]2)cc1.O=C(Nc1cn[nH]c1-c1nc2ccc(CN3CCOCC3)cc2[nH]1)c1cnc2ccccc2n1. The fourth-order valence-corrected chi connectivity index (χ4v) is 16.3. The molecule has 0 saturated carbocycles. The van der Waals surface area contributed by atoms with E-state index in [0.717, 1.165) is 203 Å². The van der Waals surface area contributed by atoms with Crippen molar-refractivity contribution >= 4 is 102 Å². The van der Waals surface area contributed by atoms with Gasteiger partial charge in [0.15, 0.2) is 23.3 Å². The summed E-state index contributed by atoms with van der Waals surface area (Å²) in [6, 6.07) is 46.4. The summed E-state index contributed by atoms with van der Waals surface area (Å²) >= 11 is 0. The summed E-state index contributed by atoms with van der Waals surface area (Å²) < 4.78 is 46.9. The van der Waals surface area contributed by atoms with Crippen molar-refractivity contribution in [2.24, 2.45) is 0 Å². The summed E-state index contributed by atoms with van der Waals surface area (Å²) in [5.41, 5.74) is 20.9. The maximum Gasteiger partial charge on any atom is 0.417 e. The first kappa shape index (κ1) is 90.4. The minimum absolute atomic E-state index is 0.225. The van der Waals surface area contributed by atoms with E-state index in [-0.39, 0.29) is 29.3 Å². The predicted molar refractivity (Wildman–Crippen MR) is 509 cm³/mol. The average Bonchev–Trinajstić information content (AvgIpc) is 1.66. The molecule has 0 unspecified atom stereocenters. The lowest BCUT2D eigenvalue weighted by molar-refractivity contribution is 0.0341. The van der Waals surface area contributed by atoms with Gasteiger partial charge in [-0.05, 0) is 165 Å². The van der Waals surface area contributed by atoms with Crippen LogP contribution in [0.25, 0.3) is 101 Å². The van der Waals surface area contributed by atoms with Gasteiger partial charge in [-0.3, -0.25) is 64.7 Å². The van der Waals surface area contributed by atoms with E-state index < -0.39 is 11.8 Å². The van der Waals surface area contributed by atoms with Crippen LogP contribution in [0.5, 0.6) is 11.6 Å². The van der Waals surface area contributed by atoms with Gasteiger partial charge in [0.1, 0.15) is 45.5 Å². The summed E-state index contributed by atoms with van der Waals surface area (Å²) in [4.78, 5) is 106. The predicted octanol–water partition coefficient (Wildman–Crippen LogP) is 14.3. The van der Waals surface area contributed by atoms with Gasteiger partial charge in [0.2, 0.25) is 5.88 Å². The van der Waals surface area contributed by atoms with E-state index in [2.05, 4.69) is 180 Å². The third-order valence-corrected chi connectivity index (χ3v) is 23.5. The Morgan fingerprint density at radius 3 is 1.19 bits per heavy atom.